The van der Waals surface area contributed by atoms with Crippen molar-refractivity contribution in [1.29, 1.82) is 0 Å². The zero-order valence-corrected chi connectivity index (χ0v) is 13.4. The maximum atomic E-state index is 6.06. The summed E-state index contributed by atoms with van der Waals surface area (Å²) in [6.07, 6.45) is 0. The van der Waals surface area contributed by atoms with E-state index in [9.17, 15) is 0 Å². The Morgan fingerprint density at radius 3 is 2.58 bits per heavy atom. The Morgan fingerprint density at radius 2 is 1.89 bits per heavy atom. The van der Waals surface area contributed by atoms with Gasteiger partial charge in [0.05, 0.1) is 10.7 Å². The van der Waals surface area contributed by atoms with Crippen LogP contribution >= 0.6 is 39.7 Å². The third-order valence-corrected chi connectivity index (χ3v) is 3.96. The van der Waals surface area contributed by atoms with Gasteiger partial charge in [-0.05, 0) is 55.0 Å². The molecule has 0 unspecified atom stereocenters. The molecule has 0 spiro atoms. The van der Waals surface area contributed by atoms with Crippen LogP contribution in [0.5, 0.6) is 0 Å². The van der Waals surface area contributed by atoms with Crippen LogP contribution in [0.3, 0.4) is 0 Å². The molecule has 0 saturated carbocycles. The Labute approximate surface area is 131 Å². The molecule has 0 heterocycles. The summed E-state index contributed by atoms with van der Waals surface area (Å²) >= 11 is 14.8. The monoisotopic (exact) mass is 354 g/mol. The molecular weight excluding hydrogens is 344 g/mol. The molecule has 2 aromatic rings. The molecular formula is C14H12BrClN2S. The fourth-order valence-electron chi connectivity index (χ4n) is 1.57. The van der Waals surface area contributed by atoms with Gasteiger partial charge in [0.25, 0.3) is 0 Å². The molecule has 2 aromatic carbocycles. The van der Waals surface area contributed by atoms with Crippen molar-refractivity contribution in [2.24, 2.45) is 0 Å². The minimum atomic E-state index is 0.509. The van der Waals surface area contributed by atoms with Crippen LogP contribution in [0.4, 0.5) is 11.4 Å². The van der Waals surface area contributed by atoms with Gasteiger partial charge in [0, 0.05) is 10.2 Å². The van der Waals surface area contributed by atoms with Crippen LogP contribution in [0, 0.1) is 6.92 Å². The molecule has 19 heavy (non-hydrogen) atoms. The number of benzene rings is 2. The van der Waals surface area contributed by atoms with E-state index >= 15 is 0 Å². The van der Waals surface area contributed by atoms with Crippen molar-refractivity contribution in [2.75, 3.05) is 10.6 Å². The lowest BCUT2D eigenvalue weighted by Crippen LogP contribution is -2.19. The molecule has 2 N–H and O–H groups in total. The van der Waals surface area contributed by atoms with Crippen LogP contribution in [-0.2, 0) is 0 Å². The van der Waals surface area contributed by atoms with Crippen molar-refractivity contribution in [2.45, 2.75) is 6.92 Å². The number of anilines is 2. The average Bonchev–Trinajstić information content (AvgIpc) is 2.37. The predicted molar refractivity (Wildman–Crippen MR) is 90.2 cm³/mol. The Morgan fingerprint density at radius 1 is 1.16 bits per heavy atom. The maximum Gasteiger partial charge on any atom is 0.175 e. The van der Waals surface area contributed by atoms with Crippen molar-refractivity contribution >= 4 is 56.2 Å². The number of aryl methyl sites for hydroxylation is 1. The molecule has 98 valence electrons. The van der Waals surface area contributed by atoms with Gasteiger partial charge < -0.3 is 10.6 Å². The highest BCUT2D eigenvalue weighted by molar-refractivity contribution is 9.10. The fraction of sp³-hybridized carbons (Fsp3) is 0.0714. The molecule has 0 aliphatic rings. The SMILES string of the molecule is Cc1cc(NC(=S)Nc2ccccc2Cl)ccc1Br. The molecule has 0 amide bonds. The van der Waals surface area contributed by atoms with Crippen molar-refractivity contribution in [1.82, 2.24) is 0 Å². The van der Waals surface area contributed by atoms with E-state index in [1.54, 1.807) is 0 Å². The van der Waals surface area contributed by atoms with Gasteiger partial charge in [-0.25, -0.2) is 0 Å². The van der Waals surface area contributed by atoms with Gasteiger partial charge in [-0.15, -0.1) is 0 Å². The maximum absolute atomic E-state index is 6.06. The van der Waals surface area contributed by atoms with Crippen molar-refractivity contribution in [3.8, 4) is 0 Å². The molecule has 0 bridgehead atoms. The molecule has 0 saturated heterocycles. The quantitative estimate of drug-likeness (QED) is 0.722. The minimum absolute atomic E-state index is 0.509. The standard InChI is InChI=1S/C14H12BrClN2S/c1-9-8-10(6-7-11(9)15)17-14(19)18-13-5-3-2-4-12(13)16/h2-8H,1H3,(H2,17,18,19). The van der Waals surface area contributed by atoms with E-state index < -0.39 is 0 Å². The number of para-hydroxylation sites is 1. The second-order valence-electron chi connectivity index (χ2n) is 4.02. The van der Waals surface area contributed by atoms with Gasteiger partial charge in [0.2, 0.25) is 0 Å². The smallest absolute Gasteiger partial charge is 0.175 e. The summed E-state index contributed by atoms with van der Waals surface area (Å²) in [7, 11) is 0. The van der Waals surface area contributed by atoms with Crippen LogP contribution in [-0.4, -0.2) is 5.11 Å². The summed E-state index contributed by atoms with van der Waals surface area (Å²) in [5, 5.41) is 7.34. The third kappa shape index (κ3) is 3.93. The van der Waals surface area contributed by atoms with Crippen LogP contribution in [0.2, 0.25) is 5.02 Å². The highest BCUT2D eigenvalue weighted by Crippen LogP contribution is 2.22. The molecule has 0 fully saturated rings. The molecule has 0 aromatic heterocycles. The van der Waals surface area contributed by atoms with E-state index in [1.807, 2.05) is 49.4 Å². The van der Waals surface area contributed by atoms with Gasteiger partial charge in [-0.3, -0.25) is 0 Å². The Kier molecular flexibility index (Phi) is 4.80. The zero-order chi connectivity index (χ0) is 13.8. The highest BCUT2D eigenvalue weighted by atomic mass is 79.9. The summed E-state index contributed by atoms with van der Waals surface area (Å²) in [5.41, 5.74) is 2.87. The number of halogens is 2. The van der Waals surface area contributed by atoms with Crippen molar-refractivity contribution < 1.29 is 0 Å². The normalized spacial score (nSPS) is 10.1. The van der Waals surface area contributed by atoms with Crippen LogP contribution in [0.25, 0.3) is 0 Å². The van der Waals surface area contributed by atoms with E-state index in [2.05, 4.69) is 26.6 Å². The zero-order valence-electron chi connectivity index (χ0n) is 10.2. The van der Waals surface area contributed by atoms with Crippen molar-refractivity contribution in [3.05, 3.63) is 57.5 Å². The number of rotatable bonds is 2. The molecule has 2 rings (SSSR count). The van der Waals surface area contributed by atoms with Gasteiger partial charge in [-0.2, -0.15) is 0 Å². The summed E-state index contributed by atoms with van der Waals surface area (Å²) in [6.45, 7) is 2.03. The van der Waals surface area contributed by atoms with E-state index in [4.69, 9.17) is 23.8 Å². The third-order valence-electron chi connectivity index (χ3n) is 2.54. The average molecular weight is 356 g/mol. The van der Waals surface area contributed by atoms with E-state index in [-0.39, 0.29) is 0 Å². The lowest BCUT2D eigenvalue weighted by atomic mass is 10.2. The lowest BCUT2D eigenvalue weighted by Gasteiger charge is -2.12. The van der Waals surface area contributed by atoms with Gasteiger partial charge >= 0.3 is 0 Å². The van der Waals surface area contributed by atoms with Crippen LogP contribution < -0.4 is 10.6 Å². The molecule has 0 atom stereocenters. The van der Waals surface area contributed by atoms with E-state index in [1.165, 1.54) is 0 Å². The number of hydrogen-bond acceptors (Lipinski definition) is 1. The highest BCUT2D eigenvalue weighted by Gasteiger charge is 2.03. The lowest BCUT2D eigenvalue weighted by molar-refractivity contribution is 1.43. The second kappa shape index (κ2) is 6.37. The number of hydrogen-bond donors (Lipinski definition) is 2. The van der Waals surface area contributed by atoms with Crippen LogP contribution in [0.1, 0.15) is 5.56 Å². The van der Waals surface area contributed by atoms with Gasteiger partial charge in [0.15, 0.2) is 5.11 Å². The molecule has 5 heteroatoms. The largest absolute Gasteiger partial charge is 0.332 e. The van der Waals surface area contributed by atoms with Crippen molar-refractivity contribution in [3.63, 3.8) is 0 Å². The number of thiocarbonyl (C=S) groups is 1. The summed E-state index contributed by atoms with van der Waals surface area (Å²) < 4.78 is 1.07. The van der Waals surface area contributed by atoms with Gasteiger partial charge in [-0.1, -0.05) is 39.7 Å². The first-order valence-electron chi connectivity index (χ1n) is 5.65. The fourth-order valence-corrected chi connectivity index (χ4v) is 2.23. The minimum Gasteiger partial charge on any atom is -0.332 e. The molecule has 0 aliphatic carbocycles. The first-order chi connectivity index (χ1) is 9.06. The topological polar surface area (TPSA) is 24.1 Å². The Hall–Kier alpha value is -1.10. The summed E-state index contributed by atoms with van der Waals surface area (Å²) in [4.78, 5) is 0. The Bertz CT molecular complexity index is 616. The number of nitrogens with one attached hydrogen (secondary N) is 2. The molecule has 0 radical (unpaired) electrons. The first-order valence-corrected chi connectivity index (χ1v) is 7.23. The van der Waals surface area contributed by atoms with Crippen LogP contribution in [0.15, 0.2) is 46.9 Å². The van der Waals surface area contributed by atoms with Gasteiger partial charge in [0.1, 0.15) is 0 Å². The molecule has 2 nitrogen and oxygen atoms in total. The Balaban J connectivity index is 2.05. The second-order valence-corrected chi connectivity index (χ2v) is 5.69. The summed E-state index contributed by atoms with van der Waals surface area (Å²) in [5.74, 6) is 0. The first kappa shape index (κ1) is 14.3. The van der Waals surface area contributed by atoms with E-state index in [0.29, 0.717) is 10.1 Å². The molecule has 0 aliphatic heterocycles. The van der Waals surface area contributed by atoms with E-state index in [0.717, 1.165) is 21.4 Å². The predicted octanol–water partition coefficient (Wildman–Crippen LogP) is 5.22. The summed E-state index contributed by atoms with van der Waals surface area (Å²) in [6, 6.07) is 13.4.